The topological polar surface area (TPSA) is 38.3 Å². The number of rotatable bonds is 5. The number of hydrogen-bond donors (Lipinski definition) is 1. The fourth-order valence-corrected chi connectivity index (χ4v) is 2.45. The highest BCUT2D eigenvalue weighted by molar-refractivity contribution is 14.1. The summed E-state index contributed by atoms with van der Waals surface area (Å²) < 4.78 is 19.1. The Morgan fingerprint density at radius 2 is 1.95 bits per heavy atom. The van der Waals surface area contributed by atoms with E-state index >= 15 is 0 Å². The summed E-state index contributed by atoms with van der Waals surface area (Å²) in [6.07, 6.45) is 0.946. The van der Waals surface area contributed by atoms with Crippen LogP contribution in [-0.4, -0.2) is 12.5 Å². The smallest absolute Gasteiger partial charge is 0.256 e. The second-order valence-corrected chi connectivity index (χ2v) is 5.61. The van der Waals surface area contributed by atoms with E-state index in [4.69, 9.17) is 4.74 Å². The molecular weight excluding hydrogens is 384 g/mol. The van der Waals surface area contributed by atoms with Crippen molar-refractivity contribution in [3.63, 3.8) is 0 Å². The van der Waals surface area contributed by atoms with Crippen molar-refractivity contribution in [2.75, 3.05) is 11.9 Å². The molecule has 1 amide bonds. The van der Waals surface area contributed by atoms with Gasteiger partial charge in [0.15, 0.2) is 0 Å². The molecule has 0 aliphatic carbocycles. The molecule has 0 spiro atoms. The zero-order valence-electron chi connectivity index (χ0n) is 11.5. The minimum Gasteiger partial charge on any atom is -0.494 e. The molecule has 0 aliphatic rings. The molecule has 0 aliphatic heterocycles. The Balaban J connectivity index is 2.05. The lowest BCUT2D eigenvalue weighted by molar-refractivity contribution is 0.102. The Morgan fingerprint density at radius 3 is 2.57 bits per heavy atom. The third-order valence-electron chi connectivity index (χ3n) is 2.76. The molecule has 1 N–H and O–H groups in total. The van der Waals surface area contributed by atoms with Gasteiger partial charge in [0.25, 0.3) is 5.91 Å². The van der Waals surface area contributed by atoms with Gasteiger partial charge in [-0.25, -0.2) is 4.39 Å². The monoisotopic (exact) mass is 399 g/mol. The summed E-state index contributed by atoms with van der Waals surface area (Å²) in [5.41, 5.74) is 1.12. The Kier molecular flexibility index (Phi) is 5.55. The normalized spacial score (nSPS) is 10.2. The van der Waals surface area contributed by atoms with Crippen LogP contribution in [0.1, 0.15) is 23.7 Å². The quantitative estimate of drug-likeness (QED) is 0.754. The molecule has 0 fully saturated rings. The Hall–Kier alpha value is -1.63. The van der Waals surface area contributed by atoms with Crippen LogP contribution in [0.15, 0.2) is 42.5 Å². The average Bonchev–Trinajstić information content (AvgIpc) is 2.46. The SMILES string of the molecule is CCCOc1ccc(NC(=O)c2ccc(F)cc2I)cc1. The van der Waals surface area contributed by atoms with Crippen molar-refractivity contribution < 1.29 is 13.9 Å². The van der Waals surface area contributed by atoms with Gasteiger partial charge in [0, 0.05) is 9.26 Å². The first-order chi connectivity index (χ1) is 10.1. The lowest BCUT2D eigenvalue weighted by Crippen LogP contribution is -2.13. The van der Waals surface area contributed by atoms with Gasteiger partial charge in [-0.15, -0.1) is 0 Å². The van der Waals surface area contributed by atoms with Crippen molar-refractivity contribution in [3.05, 3.63) is 57.4 Å². The van der Waals surface area contributed by atoms with E-state index in [1.54, 1.807) is 24.3 Å². The highest BCUT2D eigenvalue weighted by Crippen LogP contribution is 2.19. The number of ether oxygens (including phenoxy) is 1. The molecule has 2 aromatic carbocycles. The summed E-state index contributed by atoms with van der Waals surface area (Å²) >= 11 is 1.94. The number of amides is 1. The fraction of sp³-hybridized carbons (Fsp3) is 0.188. The van der Waals surface area contributed by atoms with E-state index in [0.717, 1.165) is 12.2 Å². The zero-order chi connectivity index (χ0) is 15.2. The van der Waals surface area contributed by atoms with Crippen molar-refractivity contribution >= 4 is 34.2 Å². The van der Waals surface area contributed by atoms with E-state index in [9.17, 15) is 9.18 Å². The van der Waals surface area contributed by atoms with E-state index in [1.165, 1.54) is 18.2 Å². The Labute approximate surface area is 136 Å². The van der Waals surface area contributed by atoms with E-state index in [1.807, 2.05) is 29.5 Å². The Bertz CT molecular complexity index is 629. The maximum atomic E-state index is 13.0. The molecule has 5 heteroatoms. The number of carbonyl (C=O) groups is 1. The fourth-order valence-electron chi connectivity index (χ4n) is 1.73. The van der Waals surface area contributed by atoms with Gasteiger partial charge in [0.05, 0.1) is 12.2 Å². The van der Waals surface area contributed by atoms with Crippen LogP contribution in [0.25, 0.3) is 0 Å². The first kappa shape index (κ1) is 15.8. The molecule has 0 aromatic heterocycles. The standard InChI is InChI=1S/C16H15FINO2/c1-2-9-21-13-6-4-12(5-7-13)19-16(20)14-8-3-11(17)10-15(14)18/h3-8,10H,2,9H2,1H3,(H,19,20). The van der Waals surface area contributed by atoms with E-state index in [-0.39, 0.29) is 11.7 Å². The van der Waals surface area contributed by atoms with Gasteiger partial charge in [-0.2, -0.15) is 0 Å². The minimum absolute atomic E-state index is 0.262. The number of carbonyl (C=O) groups excluding carboxylic acids is 1. The molecule has 0 bridgehead atoms. The average molecular weight is 399 g/mol. The van der Waals surface area contributed by atoms with Crippen LogP contribution in [-0.2, 0) is 0 Å². The van der Waals surface area contributed by atoms with Gasteiger partial charge in [0.2, 0.25) is 0 Å². The molecule has 0 atom stereocenters. The summed E-state index contributed by atoms with van der Waals surface area (Å²) in [5.74, 6) is 0.154. The van der Waals surface area contributed by atoms with Crippen LogP contribution < -0.4 is 10.1 Å². The summed E-state index contributed by atoms with van der Waals surface area (Å²) in [6, 6.07) is 11.3. The summed E-state index contributed by atoms with van der Waals surface area (Å²) in [6.45, 7) is 2.71. The van der Waals surface area contributed by atoms with Crippen LogP contribution >= 0.6 is 22.6 Å². The summed E-state index contributed by atoms with van der Waals surface area (Å²) in [5, 5.41) is 2.78. The molecule has 3 nitrogen and oxygen atoms in total. The molecule has 0 saturated heterocycles. The van der Waals surface area contributed by atoms with Crippen molar-refractivity contribution in [1.29, 1.82) is 0 Å². The van der Waals surface area contributed by atoms with Gasteiger partial charge in [-0.3, -0.25) is 4.79 Å². The lowest BCUT2D eigenvalue weighted by Gasteiger charge is -2.08. The predicted molar refractivity (Wildman–Crippen MR) is 89.3 cm³/mol. The molecule has 21 heavy (non-hydrogen) atoms. The molecule has 0 heterocycles. The molecule has 110 valence electrons. The van der Waals surface area contributed by atoms with E-state index < -0.39 is 0 Å². The van der Waals surface area contributed by atoms with Crippen LogP contribution in [0, 0.1) is 9.39 Å². The van der Waals surface area contributed by atoms with Crippen LogP contribution in [0.5, 0.6) is 5.75 Å². The molecular formula is C16H15FINO2. The van der Waals surface area contributed by atoms with Crippen LogP contribution in [0.2, 0.25) is 0 Å². The minimum atomic E-state index is -0.353. The lowest BCUT2D eigenvalue weighted by atomic mass is 10.2. The molecule has 0 saturated carbocycles. The highest BCUT2D eigenvalue weighted by atomic mass is 127. The first-order valence-electron chi connectivity index (χ1n) is 6.59. The maximum Gasteiger partial charge on any atom is 0.256 e. The van der Waals surface area contributed by atoms with Gasteiger partial charge in [-0.05, 0) is 71.5 Å². The van der Waals surface area contributed by atoms with E-state index in [0.29, 0.717) is 21.4 Å². The second kappa shape index (κ2) is 7.40. The molecule has 2 rings (SSSR count). The van der Waals surface area contributed by atoms with Crippen molar-refractivity contribution in [2.24, 2.45) is 0 Å². The largest absolute Gasteiger partial charge is 0.494 e. The summed E-state index contributed by atoms with van der Waals surface area (Å²) in [7, 11) is 0. The number of nitrogens with one attached hydrogen (secondary N) is 1. The van der Waals surface area contributed by atoms with Gasteiger partial charge >= 0.3 is 0 Å². The predicted octanol–water partition coefficient (Wildman–Crippen LogP) is 4.47. The number of anilines is 1. The van der Waals surface area contributed by atoms with Crippen molar-refractivity contribution in [2.45, 2.75) is 13.3 Å². The number of halogens is 2. The number of hydrogen-bond acceptors (Lipinski definition) is 2. The van der Waals surface area contributed by atoms with Crippen molar-refractivity contribution in [1.82, 2.24) is 0 Å². The van der Waals surface area contributed by atoms with E-state index in [2.05, 4.69) is 5.32 Å². The first-order valence-corrected chi connectivity index (χ1v) is 7.67. The molecule has 0 unspecified atom stereocenters. The van der Waals surface area contributed by atoms with Gasteiger partial charge in [-0.1, -0.05) is 6.92 Å². The van der Waals surface area contributed by atoms with Crippen LogP contribution in [0.3, 0.4) is 0 Å². The second-order valence-electron chi connectivity index (χ2n) is 4.45. The van der Waals surface area contributed by atoms with Crippen LogP contribution in [0.4, 0.5) is 10.1 Å². The Morgan fingerprint density at radius 1 is 1.24 bits per heavy atom. The van der Waals surface area contributed by atoms with Gasteiger partial charge in [0.1, 0.15) is 11.6 Å². The molecule has 0 radical (unpaired) electrons. The van der Waals surface area contributed by atoms with Gasteiger partial charge < -0.3 is 10.1 Å². The summed E-state index contributed by atoms with van der Waals surface area (Å²) in [4.78, 5) is 12.1. The maximum absolute atomic E-state index is 13.0. The zero-order valence-corrected chi connectivity index (χ0v) is 13.7. The van der Waals surface area contributed by atoms with Crippen molar-refractivity contribution in [3.8, 4) is 5.75 Å². The molecule has 2 aromatic rings. The highest BCUT2D eigenvalue weighted by Gasteiger charge is 2.11. The third kappa shape index (κ3) is 4.42. The third-order valence-corrected chi connectivity index (χ3v) is 3.65. The number of benzene rings is 2.